The average Bonchev–Trinajstić information content (AvgIpc) is 2.80. The quantitative estimate of drug-likeness (QED) is 0.655. The van der Waals surface area contributed by atoms with Gasteiger partial charge in [-0.25, -0.2) is 0 Å². The normalized spacial score (nSPS) is 12.6. The molecule has 0 spiro atoms. The van der Waals surface area contributed by atoms with Crippen molar-refractivity contribution in [3.8, 4) is 0 Å². The Morgan fingerprint density at radius 3 is 2.62 bits per heavy atom. The van der Waals surface area contributed by atoms with Crippen LogP contribution in [0.25, 0.3) is 0 Å². The molecular weight excluding hydrogens is 348 g/mol. The Labute approximate surface area is 117 Å². The lowest BCUT2D eigenvalue weighted by Crippen LogP contribution is -2.04. The topological polar surface area (TPSA) is 0 Å². The van der Waals surface area contributed by atoms with Crippen LogP contribution in [0, 0.1) is 0 Å². The van der Waals surface area contributed by atoms with Crippen molar-refractivity contribution >= 4 is 43.2 Å². The van der Waals surface area contributed by atoms with Gasteiger partial charge in [-0.2, -0.15) is 11.3 Å². The molecule has 2 aromatic rings. The number of benzene rings is 1. The van der Waals surface area contributed by atoms with E-state index in [1.807, 2.05) is 0 Å². The second kappa shape index (κ2) is 5.99. The maximum Gasteiger partial charge on any atom is 0.0210 e. The molecule has 2 rings (SSSR count). The van der Waals surface area contributed by atoms with Gasteiger partial charge in [0.2, 0.25) is 0 Å². The first kappa shape index (κ1) is 12.3. The van der Waals surface area contributed by atoms with Gasteiger partial charge < -0.3 is 0 Å². The molecule has 0 saturated heterocycles. The molecule has 1 atom stereocenters. The fourth-order valence-electron chi connectivity index (χ4n) is 1.75. The second-order valence-electron chi connectivity index (χ2n) is 3.71. The molecule has 0 amide bonds. The first-order valence-corrected chi connectivity index (χ1v) is 7.98. The van der Waals surface area contributed by atoms with Gasteiger partial charge in [-0.3, -0.25) is 0 Å². The third-order valence-corrected chi connectivity index (χ3v) is 4.83. The Hall–Kier alpha value is -0.120. The predicted octanol–water partition coefficient (Wildman–Crippen LogP) is 5.23. The van der Waals surface area contributed by atoms with Crippen molar-refractivity contribution in [2.75, 3.05) is 5.33 Å². The van der Waals surface area contributed by atoms with Gasteiger partial charge >= 0.3 is 0 Å². The monoisotopic (exact) mass is 358 g/mol. The van der Waals surface area contributed by atoms with E-state index in [1.54, 1.807) is 11.3 Å². The molecule has 0 aliphatic rings. The minimum Gasteiger partial charge on any atom is -0.152 e. The number of hydrogen-bond donors (Lipinski definition) is 0. The van der Waals surface area contributed by atoms with E-state index >= 15 is 0 Å². The van der Waals surface area contributed by atoms with Gasteiger partial charge in [-0.15, -0.1) is 0 Å². The lowest BCUT2D eigenvalue weighted by Gasteiger charge is -2.15. The van der Waals surface area contributed by atoms with Gasteiger partial charge in [-0.1, -0.05) is 50.1 Å². The highest BCUT2D eigenvalue weighted by Gasteiger charge is 2.13. The highest BCUT2D eigenvalue weighted by Crippen LogP contribution is 2.29. The molecule has 1 aromatic carbocycles. The highest BCUT2D eigenvalue weighted by atomic mass is 79.9. The fourth-order valence-corrected chi connectivity index (χ4v) is 3.61. The highest BCUT2D eigenvalue weighted by molar-refractivity contribution is 9.10. The molecule has 0 bridgehead atoms. The third-order valence-electron chi connectivity index (χ3n) is 2.59. The molecule has 1 unspecified atom stereocenters. The summed E-state index contributed by atoms with van der Waals surface area (Å²) in [6.07, 6.45) is 1.09. The van der Waals surface area contributed by atoms with E-state index in [9.17, 15) is 0 Å². The zero-order valence-electron chi connectivity index (χ0n) is 8.70. The van der Waals surface area contributed by atoms with Crippen molar-refractivity contribution < 1.29 is 0 Å². The van der Waals surface area contributed by atoms with Crippen LogP contribution >= 0.6 is 43.2 Å². The van der Waals surface area contributed by atoms with E-state index in [2.05, 4.69) is 73.0 Å². The van der Waals surface area contributed by atoms with Crippen LogP contribution in [0.1, 0.15) is 17.0 Å². The second-order valence-corrected chi connectivity index (χ2v) is 5.99. The Bertz CT molecular complexity index is 437. The summed E-state index contributed by atoms with van der Waals surface area (Å²) in [7, 11) is 0. The van der Waals surface area contributed by atoms with E-state index in [-0.39, 0.29) is 0 Å². The molecule has 0 radical (unpaired) electrons. The summed E-state index contributed by atoms with van der Waals surface area (Å²) in [5, 5.41) is 5.36. The number of rotatable bonds is 4. The van der Waals surface area contributed by atoms with Crippen LogP contribution in [-0.2, 0) is 6.42 Å². The van der Waals surface area contributed by atoms with E-state index in [0.29, 0.717) is 5.92 Å². The van der Waals surface area contributed by atoms with Crippen LogP contribution in [0.3, 0.4) is 0 Å². The van der Waals surface area contributed by atoms with Gasteiger partial charge in [0.05, 0.1) is 0 Å². The molecule has 0 saturated carbocycles. The summed E-state index contributed by atoms with van der Waals surface area (Å²) in [6.45, 7) is 0. The van der Waals surface area contributed by atoms with Crippen LogP contribution in [0.5, 0.6) is 0 Å². The summed E-state index contributed by atoms with van der Waals surface area (Å²) in [4.78, 5) is 0. The number of alkyl halides is 1. The van der Waals surface area contributed by atoms with E-state index in [0.717, 1.165) is 11.8 Å². The maximum absolute atomic E-state index is 3.62. The summed E-state index contributed by atoms with van der Waals surface area (Å²) in [6, 6.07) is 10.7. The summed E-state index contributed by atoms with van der Waals surface area (Å²) >= 11 is 9.00. The van der Waals surface area contributed by atoms with Crippen molar-refractivity contribution in [2.45, 2.75) is 12.3 Å². The van der Waals surface area contributed by atoms with Gasteiger partial charge in [0, 0.05) is 9.80 Å². The van der Waals surface area contributed by atoms with Crippen LogP contribution in [0.2, 0.25) is 0 Å². The molecule has 0 fully saturated rings. The van der Waals surface area contributed by atoms with E-state index < -0.39 is 0 Å². The van der Waals surface area contributed by atoms with Gasteiger partial charge in [-0.05, 0) is 46.4 Å². The zero-order valence-corrected chi connectivity index (χ0v) is 12.7. The van der Waals surface area contributed by atoms with Crippen molar-refractivity contribution in [1.29, 1.82) is 0 Å². The third kappa shape index (κ3) is 2.96. The van der Waals surface area contributed by atoms with Crippen LogP contribution < -0.4 is 0 Å². The van der Waals surface area contributed by atoms with Crippen LogP contribution in [0.4, 0.5) is 0 Å². The average molecular weight is 360 g/mol. The molecule has 0 aliphatic carbocycles. The van der Waals surface area contributed by atoms with E-state index in [1.165, 1.54) is 15.6 Å². The first-order chi connectivity index (χ1) is 7.81. The smallest absolute Gasteiger partial charge is 0.0210 e. The molecule has 0 nitrogen and oxygen atoms in total. The predicted molar refractivity (Wildman–Crippen MR) is 78.7 cm³/mol. The molecule has 1 aromatic heterocycles. The maximum atomic E-state index is 3.62. The SMILES string of the molecule is BrCC(Cc1ccsc1)c1ccccc1Br. The Morgan fingerprint density at radius 2 is 2.00 bits per heavy atom. The summed E-state index contributed by atoms with van der Waals surface area (Å²) in [5.41, 5.74) is 2.80. The van der Waals surface area contributed by atoms with Crippen LogP contribution in [0.15, 0.2) is 45.6 Å². The molecule has 16 heavy (non-hydrogen) atoms. The van der Waals surface area contributed by atoms with Crippen molar-refractivity contribution in [3.05, 3.63) is 56.7 Å². The minimum atomic E-state index is 0.533. The Kier molecular flexibility index (Phi) is 4.62. The van der Waals surface area contributed by atoms with Crippen LogP contribution in [-0.4, -0.2) is 5.33 Å². The number of halogens is 2. The van der Waals surface area contributed by atoms with Gasteiger partial charge in [0.25, 0.3) is 0 Å². The largest absolute Gasteiger partial charge is 0.152 e. The lowest BCUT2D eigenvalue weighted by molar-refractivity contribution is 0.774. The lowest BCUT2D eigenvalue weighted by atomic mass is 9.95. The first-order valence-electron chi connectivity index (χ1n) is 5.12. The standard InChI is InChI=1S/C13H12Br2S/c14-8-11(7-10-5-6-16-9-10)12-3-1-2-4-13(12)15/h1-6,9,11H,7-8H2. The van der Waals surface area contributed by atoms with Gasteiger partial charge in [0.15, 0.2) is 0 Å². The zero-order chi connectivity index (χ0) is 11.4. The van der Waals surface area contributed by atoms with Gasteiger partial charge in [0.1, 0.15) is 0 Å². The molecule has 1 heterocycles. The molecule has 84 valence electrons. The Balaban J connectivity index is 2.20. The summed E-state index contributed by atoms with van der Waals surface area (Å²) in [5.74, 6) is 0.533. The molecular formula is C13H12Br2S. The van der Waals surface area contributed by atoms with Crippen molar-refractivity contribution in [1.82, 2.24) is 0 Å². The Morgan fingerprint density at radius 1 is 1.19 bits per heavy atom. The summed E-state index contributed by atoms with van der Waals surface area (Å²) < 4.78 is 1.20. The molecule has 3 heteroatoms. The van der Waals surface area contributed by atoms with Crippen molar-refractivity contribution in [3.63, 3.8) is 0 Å². The number of thiophene rings is 1. The van der Waals surface area contributed by atoms with E-state index in [4.69, 9.17) is 0 Å². The molecule has 0 N–H and O–H groups in total. The number of hydrogen-bond acceptors (Lipinski definition) is 1. The molecule has 0 aliphatic heterocycles. The minimum absolute atomic E-state index is 0.533. The fraction of sp³-hybridized carbons (Fsp3) is 0.231. The van der Waals surface area contributed by atoms with Crippen molar-refractivity contribution in [2.24, 2.45) is 0 Å².